The molecule has 0 aliphatic rings. The molecule has 4 rings (SSSR count). The summed E-state index contributed by atoms with van der Waals surface area (Å²) < 4.78 is 18.9. The van der Waals surface area contributed by atoms with E-state index in [0.717, 1.165) is 11.1 Å². The van der Waals surface area contributed by atoms with Crippen LogP contribution in [0.3, 0.4) is 0 Å². The molecule has 0 unspecified atom stereocenters. The minimum Gasteiger partial charge on any atom is -0.439 e. The second kappa shape index (κ2) is 9.17. The van der Waals surface area contributed by atoms with Gasteiger partial charge in [-0.15, -0.1) is 0 Å². The molecule has 1 heterocycles. The number of ether oxygens (including phenoxy) is 1. The fourth-order valence-corrected chi connectivity index (χ4v) is 3.02. The number of hydrogen-bond acceptors (Lipinski definition) is 4. The van der Waals surface area contributed by atoms with Crippen molar-refractivity contribution in [2.24, 2.45) is 0 Å². The molecule has 0 saturated carbocycles. The van der Waals surface area contributed by atoms with Crippen LogP contribution in [0.1, 0.15) is 21.5 Å². The minimum atomic E-state index is -0.320. The maximum absolute atomic E-state index is 13.1. The predicted molar refractivity (Wildman–Crippen MR) is 116 cm³/mol. The second-order valence-corrected chi connectivity index (χ2v) is 6.96. The van der Waals surface area contributed by atoms with Crippen molar-refractivity contribution in [1.29, 1.82) is 0 Å². The van der Waals surface area contributed by atoms with Gasteiger partial charge < -0.3 is 10.1 Å². The molecular formula is C25H20FN3O2. The first-order chi connectivity index (χ1) is 15.1. The van der Waals surface area contributed by atoms with Crippen LogP contribution < -0.4 is 10.1 Å². The van der Waals surface area contributed by atoms with Crippen molar-refractivity contribution in [2.75, 3.05) is 0 Å². The normalized spacial score (nSPS) is 10.5. The molecule has 0 saturated heterocycles. The number of hydrogen-bond donors (Lipinski definition) is 1. The molecule has 0 radical (unpaired) electrons. The summed E-state index contributed by atoms with van der Waals surface area (Å²) in [6.45, 7) is 2.49. The van der Waals surface area contributed by atoms with Crippen molar-refractivity contribution in [2.45, 2.75) is 13.5 Å². The largest absolute Gasteiger partial charge is 0.439 e. The van der Waals surface area contributed by atoms with Gasteiger partial charge in [-0.25, -0.2) is 9.37 Å². The van der Waals surface area contributed by atoms with Gasteiger partial charge in [0, 0.05) is 29.9 Å². The number of carbonyl (C=O) groups is 1. The molecule has 0 bridgehead atoms. The fraction of sp³-hybridized carbons (Fsp3) is 0.0800. The third kappa shape index (κ3) is 5.11. The average molecular weight is 413 g/mol. The molecule has 154 valence electrons. The van der Waals surface area contributed by atoms with Gasteiger partial charge >= 0.3 is 0 Å². The molecule has 0 aliphatic heterocycles. The van der Waals surface area contributed by atoms with Crippen LogP contribution in [0.5, 0.6) is 11.6 Å². The third-order valence-electron chi connectivity index (χ3n) is 4.77. The van der Waals surface area contributed by atoms with E-state index < -0.39 is 0 Å². The highest BCUT2D eigenvalue weighted by molar-refractivity contribution is 5.94. The first kappa shape index (κ1) is 20.2. The van der Waals surface area contributed by atoms with Gasteiger partial charge in [0.05, 0.1) is 0 Å². The fourth-order valence-electron chi connectivity index (χ4n) is 3.02. The molecule has 0 aliphatic carbocycles. The molecule has 5 nitrogen and oxygen atoms in total. The predicted octanol–water partition coefficient (Wildman–Crippen LogP) is 5.31. The van der Waals surface area contributed by atoms with Crippen molar-refractivity contribution >= 4 is 5.91 Å². The Bertz CT molecular complexity index is 1190. The lowest BCUT2D eigenvalue weighted by Gasteiger charge is -2.09. The Balaban J connectivity index is 1.40. The highest BCUT2D eigenvalue weighted by Crippen LogP contribution is 2.23. The van der Waals surface area contributed by atoms with E-state index in [-0.39, 0.29) is 11.7 Å². The molecule has 1 amide bonds. The molecular weight excluding hydrogens is 393 g/mol. The standard InChI is InChI=1S/C25H20FN3O2/c1-17-4-2-3-5-20(17)16-28-25(30)19-8-12-22(13-9-19)31-23-14-15-27-24(29-23)18-6-10-21(26)11-7-18/h2-15H,16H2,1H3,(H,28,30). The SMILES string of the molecule is Cc1ccccc1CNC(=O)c1ccc(Oc2ccnc(-c3ccc(F)cc3)n2)cc1. The maximum atomic E-state index is 13.1. The van der Waals surface area contributed by atoms with Gasteiger partial charge in [0.1, 0.15) is 11.6 Å². The second-order valence-electron chi connectivity index (χ2n) is 6.96. The topological polar surface area (TPSA) is 64.1 Å². The summed E-state index contributed by atoms with van der Waals surface area (Å²) in [5.74, 6) is 0.851. The number of amides is 1. The summed E-state index contributed by atoms with van der Waals surface area (Å²) in [5.41, 5.74) is 3.44. The van der Waals surface area contributed by atoms with E-state index in [1.165, 1.54) is 12.1 Å². The number of aromatic nitrogens is 2. The van der Waals surface area contributed by atoms with Gasteiger partial charge in [-0.2, -0.15) is 4.98 Å². The zero-order valence-electron chi connectivity index (χ0n) is 16.9. The van der Waals surface area contributed by atoms with Crippen LogP contribution >= 0.6 is 0 Å². The summed E-state index contributed by atoms with van der Waals surface area (Å²) in [6, 6.07) is 22.3. The van der Waals surface area contributed by atoms with Crippen LogP contribution in [0.25, 0.3) is 11.4 Å². The number of nitrogens with zero attached hydrogens (tertiary/aromatic N) is 2. The molecule has 1 N–H and O–H groups in total. The van der Waals surface area contributed by atoms with Gasteiger partial charge in [0.2, 0.25) is 5.88 Å². The van der Waals surface area contributed by atoms with Crippen molar-refractivity contribution < 1.29 is 13.9 Å². The van der Waals surface area contributed by atoms with E-state index in [1.54, 1.807) is 48.7 Å². The lowest BCUT2D eigenvalue weighted by molar-refractivity contribution is 0.0951. The first-order valence-electron chi connectivity index (χ1n) is 9.78. The van der Waals surface area contributed by atoms with Gasteiger partial charge in [-0.3, -0.25) is 4.79 Å². The molecule has 6 heteroatoms. The zero-order chi connectivity index (χ0) is 21.6. The summed E-state index contributed by atoms with van der Waals surface area (Å²) in [6.07, 6.45) is 1.58. The Morgan fingerprint density at radius 3 is 2.45 bits per heavy atom. The minimum absolute atomic E-state index is 0.157. The molecule has 31 heavy (non-hydrogen) atoms. The first-order valence-corrected chi connectivity index (χ1v) is 9.78. The average Bonchev–Trinajstić information content (AvgIpc) is 2.79. The quantitative estimate of drug-likeness (QED) is 0.465. The molecule has 0 atom stereocenters. The number of rotatable bonds is 6. The Morgan fingerprint density at radius 1 is 0.968 bits per heavy atom. The maximum Gasteiger partial charge on any atom is 0.251 e. The van der Waals surface area contributed by atoms with E-state index in [0.29, 0.717) is 35.1 Å². The van der Waals surface area contributed by atoms with Crippen molar-refractivity contribution in [3.63, 3.8) is 0 Å². The van der Waals surface area contributed by atoms with E-state index >= 15 is 0 Å². The van der Waals surface area contributed by atoms with E-state index in [9.17, 15) is 9.18 Å². The monoisotopic (exact) mass is 413 g/mol. The van der Waals surface area contributed by atoms with Crippen molar-refractivity contribution in [3.8, 4) is 23.0 Å². The lowest BCUT2D eigenvalue weighted by Crippen LogP contribution is -2.23. The number of benzene rings is 3. The van der Waals surface area contributed by atoms with Crippen LogP contribution in [0.4, 0.5) is 4.39 Å². The van der Waals surface area contributed by atoms with E-state index in [1.807, 2.05) is 31.2 Å². The van der Waals surface area contributed by atoms with Crippen LogP contribution in [-0.2, 0) is 6.54 Å². The Hall–Kier alpha value is -4.06. The van der Waals surface area contributed by atoms with Crippen molar-refractivity contribution in [3.05, 3.63) is 108 Å². The third-order valence-corrected chi connectivity index (χ3v) is 4.77. The Labute approximate surface area is 179 Å². The lowest BCUT2D eigenvalue weighted by atomic mass is 10.1. The van der Waals surface area contributed by atoms with Gasteiger partial charge in [0.25, 0.3) is 5.91 Å². The van der Waals surface area contributed by atoms with Crippen LogP contribution in [-0.4, -0.2) is 15.9 Å². The highest BCUT2D eigenvalue weighted by Gasteiger charge is 2.08. The zero-order valence-corrected chi connectivity index (χ0v) is 16.9. The molecule has 1 aromatic heterocycles. The summed E-state index contributed by atoms with van der Waals surface area (Å²) in [5, 5.41) is 2.93. The van der Waals surface area contributed by atoms with Crippen molar-refractivity contribution in [1.82, 2.24) is 15.3 Å². The molecule has 0 fully saturated rings. The van der Waals surface area contributed by atoms with Crippen LogP contribution in [0, 0.1) is 12.7 Å². The van der Waals surface area contributed by atoms with Crippen LogP contribution in [0.2, 0.25) is 0 Å². The smallest absolute Gasteiger partial charge is 0.251 e. The number of aryl methyl sites for hydroxylation is 1. The number of carbonyl (C=O) groups excluding carboxylic acids is 1. The van der Waals surface area contributed by atoms with E-state index in [4.69, 9.17) is 4.74 Å². The Morgan fingerprint density at radius 2 is 1.71 bits per heavy atom. The summed E-state index contributed by atoms with van der Waals surface area (Å²) in [4.78, 5) is 21.0. The number of halogens is 1. The summed E-state index contributed by atoms with van der Waals surface area (Å²) in [7, 11) is 0. The highest BCUT2D eigenvalue weighted by atomic mass is 19.1. The van der Waals surface area contributed by atoms with Crippen LogP contribution in [0.15, 0.2) is 85.1 Å². The number of nitrogens with one attached hydrogen (secondary N) is 1. The molecule has 4 aromatic rings. The van der Waals surface area contributed by atoms with E-state index in [2.05, 4.69) is 15.3 Å². The molecule has 3 aromatic carbocycles. The van der Waals surface area contributed by atoms with Gasteiger partial charge in [-0.05, 0) is 66.6 Å². The van der Waals surface area contributed by atoms with Gasteiger partial charge in [-0.1, -0.05) is 24.3 Å². The summed E-state index contributed by atoms with van der Waals surface area (Å²) >= 11 is 0. The Kier molecular flexibility index (Phi) is 5.98. The van der Waals surface area contributed by atoms with Gasteiger partial charge in [0.15, 0.2) is 5.82 Å². The molecule has 0 spiro atoms.